The van der Waals surface area contributed by atoms with Gasteiger partial charge in [0, 0.05) is 0 Å². The molecule has 1 atom stereocenters. The van der Waals surface area contributed by atoms with Gasteiger partial charge in [-0.15, -0.1) is 0 Å². The topological polar surface area (TPSA) is 0 Å². The Bertz CT molecular complexity index is 887. The van der Waals surface area contributed by atoms with Crippen LogP contribution in [0, 0.1) is 0 Å². The molecular weight excluding hydrogens is 404 g/mol. The molecule has 1 heteroatoms. The summed E-state index contributed by atoms with van der Waals surface area (Å²) in [5.41, 5.74) is 6.90. The maximum absolute atomic E-state index is 2.30. The number of benzene rings is 3. The van der Waals surface area contributed by atoms with Crippen LogP contribution in [0.2, 0.25) is 0 Å². The van der Waals surface area contributed by atoms with Crippen molar-refractivity contribution in [2.24, 2.45) is 0 Å². The van der Waals surface area contributed by atoms with Gasteiger partial charge in [0.1, 0.15) is 0 Å². The molecule has 0 heterocycles. The first-order valence-corrected chi connectivity index (χ1v) is 10.6. The van der Waals surface area contributed by atoms with Gasteiger partial charge in [-0.3, -0.25) is 0 Å². The second kappa shape index (κ2) is 10.2. The van der Waals surface area contributed by atoms with Crippen LogP contribution in [0.25, 0.3) is 18.2 Å². The van der Waals surface area contributed by atoms with E-state index >= 15 is 0 Å². The summed E-state index contributed by atoms with van der Waals surface area (Å²) in [5.74, 6) is 0. The number of rotatable bonds is 3. The Hall–Kier alpha value is -2.24. The Morgan fingerprint density at radius 3 is 1.67 bits per heavy atom. The van der Waals surface area contributed by atoms with E-state index in [1.54, 1.807) is 24.7 Å². The van der Waals surface area contributed by atoms with Gasteiger partial charge < -0.3 is 0 Å². The SMILES string of the molecule is C(C=Cc1ccccc1)=Cc1ccccc1.CC1=Cc2ccccc2[CH]1[Zr]. The maximum atomic E-state index is 2.30. The third-order valence-electron chi connectivity index (χ3n) is 4.43. The molecule has 0 nitrogen and oxygen atoms in total. The molecule has 0 radical (unpaired) electrons. The Morgan fingerprint density at radius 1 is 0.667 bits per heavy atom. The molecule has 0 amide bonds. The zero-order valence-corrected chi connectivity index (χ0v) is 18.0. The van der Waals surface area contributed by atoms with Crippen LogP contribution in [0.1, 0.15) is 32.8 Å². The number of allylic oxidation sites excluding steroid dienone is 3. The van der Waals surface area contributed by atoms with E-state index in [0.29, 0.717) is 0 Å². The fraction of sp³-hybridized carbons (Fsp3) is 0.0769. The van der Waals surface area contributed by atoms with E-state index in [4.69, 9.17) is 0 Å². The Balaban J connectivity index is 0.000000166. The average Bonchev–Trinajstić information content (AvgIpc) is 3.02. The van der Waals surface area contributed by atoms with Crippen molar-refractivity contribution in [3.63, 3.8) is 0 Å². The van der Waals surface area contributed by atoms with Crippen LogP contribution < -0.4 is 0 Å². The summed E-state index contributed by atoms with van der Waals surface area (Å²) in [6, 6.07) is 29.2. The van der Waals surface area contributed by atoms with Crippen molar-refractivity contribution >= 4 is 18.2 Å². The first-order chi connectivity index (χ1) is 13.2. The van der Waals surface area contributed by atoms with Crippen LogP contribution in [0.3, 0.4) is 0 Å². The summed E-state index contributed by atoms with van der Waals surface area (Å²) in [6.45, 7) is 2.22. The van der Waals surface area contributed by atoms with Crippen LogP contribution in [-0.2, 0) is 24.7 Å². The van der Waals surface area contributed by atoms with Gasteiger partial charge >= 0.3 is 82.3 Å². The molecule has 3 aromatic rings. The van der Waals surface area contributed by atoms with Crippen LogP contribution in [0.5, 0.6) is 0 Å². The third kappa shape index (κ3) is 5.88. The van der Waals surface area contributed by atoms with E-state index < -0.39 is 0 Å². The van der Waals surface area contributed by atoms with Gasteiger partial charge in [0.25, 0.3) is 0 Å². The van der Waals surface area contributed by atoms with E-state index in [9.17, 15) is 0 Å². The second-order valence-electron chi connectivity index (χ2n) is 6.49. The molecule has 131 valence electrons. The molecule has 3 aromatic carbocycles. The van der Waals surface area contributed by atoms with Gasteiger partial charge in [0.15, 0.2) is 0 Å². The van der Waals surface area contributed by atoms with Crippen LogP contribution in [0.15, 0.2) is 103 Å². The van der Waals surface area contributed by atoms with Crippen molar-refractivity contribution < 1.29 is 24.7 Å². The third-order valence-corrected chi connectivity index (χ3v) is 6.32. The number of hydrogen-bond acceptors (Lipinski definition) is 0. The number of fused-ring (bicyclic) bond motifs is 1. The van der Waals surface area contributed by atoms with Gasteiger partial charge in [0.2, 0.25) is 0 Å². The summed E-state index contributed by atoms with van der Waals surface area (Å²) >= 11 is 1.60. The number of hydrogen-bond donors (Lipinski definition) is 0. The minimum absolute atomic E-state index is 0.721. The molecule has 0 bridgehead atoms. The van der Waals surface area contributed by atoms with Gasteiger partial charge in [0.05, 0.1) is 0 Å². The summed E-state index contributed by atoms with van der Waals surface area (Å²) in [6.07, 6.45) is 10.6. The van der Waals surface area contributed by atoms with Gasteiger partial charge in [-0.25, -0.2) is 0 Å². The standard InChI is InChI=1S/C16H14.C10H9.Zr/c1-3-9-15(10-4-1)13-7-8-14-16-11-5-2-6-12-16;1-8-6-9-4-2-3-5-10(9)7-8;/h1-14H;2-7H,1H3;. The van der Waals surface area contributed by atoms with Gasteiger partial charge in [-0.2, -0.15) is 0 Å². The quantitative estimate of drug-likeness (QED) is 0.392. The Kier molecular flexibility index (Phi) is 7.37. The summed E-state index contributed by atoms with van der Waals surface area (Å²) in [5, 5.41) is 0. The molecular formula is C26H23Zr. The molecule has 0 N–H and O–H groups in total. The molecule has 0 aliphatic heterocycles. The van der Waals surface area contributed by atoms with E-state index in [2.05, 4.69) is 85.8 Å². The van der Waals surface area contributed by atoms with E-state index in [0.717, 1.165) is 3.63 Å². The van der Waals surface area contributed by atoms with Crippen LogP contribution in [0.4, 0.5) is 0 Å². The molecule has 0 aromatic heterocycles. The average molecular weight is 427 g/mol. The zero-order chi connectivity index (χ0) is 18.9. The molecule has 1 aliphatic carbocycles. The van der Waals surface area contributed by atoms with Crippen LogP contribution >= 0.6 is 0 Å². The Morgan fingerprint density at radius 2 is 1.15 bits per heavy atom. The minimum atomic E-state index is 0.721. The summed E-state index contributed by atoms with van der Waals surface area (Å²) < 4.78 is 0.721. The summed E-state index contributed by atoms with van der Waals surface area (Å²) in [4.78, 5) is 0. The first kappa shape index (κ1) is 19.5. The van der Waals surface area contributed by atoms with Crippen molar-refractivity contribution in [1.29, 1.82) is 0 Å². The zero-order valence-electron chi connectivity index (χ0n) is 15.5. The normalized spacial score (nSPS) is 15.3. The van der Waals surface area contributed by atoms with E-state index in [1.807, 2.05) is 36.4 Å². The van der Waals surface area contributed by atoms with Crippen LogP contribution in [-0.4, -0.2) is 0 Å². The molecule has 0 fully saturated rings. The molecule has 4 rings (SSSR count). The molecule has 0 spiro atoms. The van der Waals surface area contributed by atoms with Crippen molar-refractivity contribution in [3.05, 3.63) is 125 Å². The van der Waals surface area contributed by atoms with Crippen molar-refractivity contribution in [3.8, 4) is 0 Å². The van der Waals surface area contributed by atoms with E-state index in [-0.39, 0.29) is 0 Å². The van der Waals surface area contributed by atoms with Gasteiger partial charge in [-0.05, 0) is 11.1 Å². The summed E-state index contributed by atoms with van der Waals surface area (Å²) in [7, 11) is 0. The molecule has 27 heavy (non-hydrogen) atoms. The van der Waals surface area contributed by atoms with Crippen molar-refractivity contribution in [1.82, 2.24) is 0 Å². The van der Waals surface area contributed by atoms with Gasteiger partial charge in [-0.1, -0.05) is 85.0 Å². The monoisotopic (exact) mass is 425 g/mol. The van der Waals surface area contributed by atoms with E-state index in [1.165, 1.54) is 27.8 Å². The second-order valence-corrected chi connectivity index (χ2v) is 7.91. The molecule has 1 aliphatic rings. The molecule has 1 unspecified atom stereocenters. The predicted octanol–water partition coefficient (Wildman–Crippen LogP) is 7.10. The predicted molar refractivity (Wildman–Crippen MR) is 114 cm³/mol. The van der Waals surface area contributed by atoms with Crippen molar-refractivity contribution in [2.75, 3.05) is 0 Å². The fourth-order valence-corrected chi connectivity index (χ4v) is 3.79. The fourth-order valence-electron chi connectivity index (χ4n) is 2.94. The molecule has 0 saturated carbocycles. The Labute approximate surface area is 177 Å². The first-order valence-electron chi connectivity index (χ1n) is 9.17. The van der Waals surface area contributed by atoms with Crippen molar-refractivity contribution in [2.45, 2.75) is 10.5 Å². The molecule has 0 saturated heterocycles.